The van der Waals surface area contributed by atoms with Crippen molar-refractivity contribution in [2.24, 2.45) is 0 Å². The van der Waals surface area contributed by atoms with Gasteiger partial charge in [0.15, 0.2) is 5.78 Å². The predicted octanol–water partition coefficient (Wildman–Crippen LogP) is 3.43. The summed E-state index contributed by atoms with van der Waals surface area (Å²) < 4.78 is 0. The second-order valence-electron chi connectivity index (χ2n) is 7.15. The number of carbonyl (C=O) groups is 3. The maximum atomic E-state index is 13.0. The van der Waals surface area contributed by atoms with Crippen molar-refractivity contribution in [2.45, 2.75) is 38.1 Å². The molecule has 0 aliphatic heterocycles. The third-order valence-electron chi connectivity index (χ3n) is 5.43. The number of rotatable bonds is 3. The van der Waals surface area contributed by atoms with Crippen molar-refractivity contribution >= 4 is 23.2 Å². The van der Waals surface area contributed by atoms with Gasteiger partial charge < -0.3 is 5.32 Å². The molecule has 0 unspecified atom stereocenters. The number of nitro groups is 1. The highest BCUT2D eigenvalue weighted by Gasteiger charge is 2.38. The molecule has 0 spiro atoms. The number of ketones is 2. The minimum absolute atomic E-state index is 0.0325. The zero-order valence-electron chi connectivity index (χ0n) is 15.1. The fraction of sp³-hybridized carbons (Fsp3) is 0.286. The lowest BCUT2D eigenvalue weighted by atomic mass is 9.82. The van der Waals surface area contributed by atoms with E-state index < -0.39 is 28.1 Å². The zero-order chi connectivity index (χ0) is 19.8. The van der Waals surface area contributed by atoms with E-state index >= 15 is 0 Å². The van der Waals surface area contributed by atoms with E-state index in [2.05, 4.69) is 5.32 Å². The van der Waals surface area contributed by atoms with E-state index in [-0.39, 0.29) is 33.9 Å². The van der Waals surface area contributed by atoms with Gasteiger partial charge in [-0.05, 0) is 25.0 Å². The Hall–Kier alpha value is -3.35. The third-order valence-corrected chi connectivity index (χ3v) is 5.43. The van der Waals surface area contributed by atoms with Gasteiger partial charge in [-0.25, -0.2) is 0 Å². The lowest BCUT2D eigenvalue weighted by molar-refractivity contribution is -0.385. The molecule has 0 bridgehead atoms. The van der Waals surface area contributed by atoms with E-state index in [9.17, 15) is 24.5 Å². The van der Waals surface area contributed by atoms with E-state index in [4.69, 9.17) is 0 Å². The topological polar surface area (TPSA) is 106 Å². The standard InChI is InChI=1S/C21H18N2O5/c24-19-13-8-4-5-9-14(13)20(25)17-15(19)10-11-16(18(17)23(27)28)21(26)22-12-6-2-1-3-7-12/h4-5,8-12H,1-3,6-7H2,(H,22,26). The normalized spacial score (nSPS) is 16.3. The Labute approximate surface area is 160 Å². The van der Waals surface area contributed by atoms with Gasteiger partial charge in [0.25, 0.3) is 11.6 Å². The van der Waals surface area contributed by atoms with Gasteiger partial charge >= 0.3 is 0 Å². The molecule has 0 aromatic heterocycles. The van der Waals surface area contributed by atoms with E-state index in [1.165, 1.54) is 24.3 Å². The van der Waals surface area contributed by atoms with Crippen molar-refractivity contribution in [3.63, 3.8) is 0 Å². The maximum Gasteiger partial charge on any atom is 0.294 e. The minimum atomic E-state index is -0.742. The van der Waals surface area contributed by atoms with Gasteiger partial charge in [0.1, 0.15) is 11.1 Å². The Balaban J connectivity index is 1.80. The van der Waals surface area contributed by atoms with Gasteiger partial charge in [-0.3, -0.25) is 24.5 Å². The van der Waals surface area contributed by atoms with Crippen LogP contribution in [0.25, 0.3) is 0 Å². The summed E-state index contributed by atoms with van der Waals surface area (Å²) >= 11 is 0. The van der Waals surface area contributed by atoms with Crippen LogP contribution in [0.15, 0.2) is 36.4 Å². The molecule has 4 rings (SSSR count). The van der Waals surface area contributed by atoms with E-state index in [1.807, 2.05) is 0 Å². The van der Waals surface area contributed by atoms with Gasteiger partial charge in [-0.15, -0.1) is 0 Å². The number of amides is 1. The second kappa shape index (κ2) is 6.99. The molecule has 2 aromatic rings. The number of nitrogens with one attached hydrogen (secondary N) is 1. The third kappa shape index (κ3) is 2.89. The fourth-order valence-electron chi connectivity index (χ4n) is 4.05. The van der Waals surface area contributed by atoms with Crippen LogP contribution in [-0.2, 0) is 0 Å². The summed E-state index contributed by atoms with van der Waals surface area (Å²) in [6.45, 7) is 0. The second-order valence-corrected chi connectivity index (χ2v) is 7.15. The van der Waals surface area contributed by atoms with Gasteiger partial charge in [0.05, 0.1) is 4.92 Å². The highest BCUT2D eigenvalue weighted by Crippen LogP contribution is 2.35. The Bertz CT molecular complexity index is 1020. The smallest absolute Gasteiger partial charge is 0.294 e. The summed E-state index contributed by atoms with van der Waals surface area (Å²) in [5, 5.41) is 14.7. The summed E-state index contributed by atoms with van der Waals surface area (Å²) in [7, 11) is 0. The summed E-state index contributed by atoms with van der Waals surface area (Å²) in [4.78, 5) is 49.5. The molecule has 0 saturated heterocycles. The molecule has 2 aromatic carbocycles. The molecular weight excluding hydrogens is 360 g/mol. The Morgan fingerprint density at radius 1 is 0.929 bits per heavy atom. The lowest BCUT2D eigenvalue weighted by Gasteiger charge is -2.23. The molecule has 142 valence electrons. The fourth-order valence-corrected chi connectivity index (χ4v) is 4.05. The first-order valence-electron chi connectivity index (χ1n) is 9.29. The van der Waals surface area contributed by atoms with Crippen LogP contribution in [0.2, 0.25) is 0 Å². The van der Waals surface area contributed by atoms with Crippen LogP contribution in [-0.4, -0.2) is 28.4 Å². The van der Waals surface area contributed by atoms with Gasteiger partial charge in [-0.1, -0.05) is 43.5 Å². The minimum Gasteiger partial charge on any atom is -0.349 e. The van der Waals surface area contributed by atoms with E-state index in [1.54, 1.807) is 12.1 Å². The van der Waals surface area contributed by atoms with Crippen LogP contribution in [0.5, 0.6) is 0 Å². The molecule has 7 heteroatoms. The molecule has 0 atom stereocenters. The van der Waals surface area contributed by atoms with Crippen LogP contribution in [0.4, 0.5) is 5.69 Å². The average molecular weight is 378 g/mol. The molecule has 1 saturated carbocycles. The van der Waals surface area contributed by atoms with Crippen LogP contribution >= 0.6 is 0 Å². The monoisotopic (exact) mass is 378 g/mol. The zero-order valence-corrected chi connectivity index (χ0v) is 15.1. The summed E-state index contributed by atoms with van der Waals surface area (Å²) in [6.07, 6.45) is 4.77. The first-order chi connectivity index (χ1) is 13.5. The van der Waals surface area contributed by atoms with E-state index in [0.717, 1.165) is 32.1 Å². The van der Waals surface area contributed by atoms with Crippen LogP contribution in [0.3, 0.4) is 0 Å². The SMILES string of the molecule is O=C1c2ccccc2C(=O)c2c1ccc(C(=O)NC1CCCCC1)c2[N+](=O)[O-]. The highest BCUT2D eigenvalue weighted by atomic mass is 16.6. The van der Waals surface area contributed by atoms with Crippen LogP contribution in [0, 0.1) is 10.1 Å². The number of benzene rings is 2. The Morgan fingerprint density at radius 2 is 1.57 bits per heavy atom. The number of carbonyl (C=O) groups excluding carboxylic acids is 3. The molecule has 2 aliphatic rings. The predicted molar refractivity (Wildman–Crippen MR) is 101 cm³/mol. The van der Waals surface area contributed by atoms with Crippen molar-refractivity contribution in [3.05, 3.63) is 74.3 Å². The molecule has 0 heterocycles. The Morgan fingerprint density at radius 3 is 2.21 bits per heavy atom. The van der Waals surface area contributed by atoms with Crippen molar-refractivity contribution in [3.8, 4) is 0 Å². The molecular formula is C21H18N2O5. The summed E-state index contributed by atoms with van der Waals surface area (Å²) in [6, 6.07) is 8.80. The largest absolute Gasteiger partial charge is 0.349 e. The van der Waals surface area contributed by atoms with Crippen molar-refractivity contribution < 1.29 is 19.3 Å². The molecule has 7 nitrogen and oxygen atoms in total. The van der Waals surface area contributed by atoms with Crippen LogP contribution < -0.4 is 5.32 Å². The lowest BCUT2D eigenvalue weighted by Crippen LogP contribution is -2.37. The quantitative estimate of drug-likeness (QED) is 0.555. The number of hydrogen-bond acceptors (Lipinski definition) is 5. The molecule has 1 fully saturated rings. The first kappa shape index (κ1) is 18.0. The summed E-state index contributed by atoms with van der Waals surface area (Å²) in [5.74, 6) is -1.64. The van der Waals surface area contributed by atoms with E-state index in [0.29, 0.717) is 0 Å². The molecule has 2 aliphatic carbocycles. The summed E-state index contributed by atoms with van der Waals surface area (Å²) in [5.41, 5.74) is -0.787. The Kier molecular flexibility index (Phi) is 4.50. The molecule has 1 amide bonds. The molecule has 28 heavy (non-hydrogen) atoms. The van der Waals surface area contributed by atoms with Crippen molar-refractivity contribution in [2.75, 3.05) is 0 Å². The average Bonchev–Trinajstić information content (AvgIpc) is 2.71. The molecule has 0 radical (unpaired) electrons. The van der Waals surface area contributed by atoms with Gasteiger partial charge in [-0.2, -0.15) is 0 Å². The highest BCUT2D eigenvalue weighted by molar-refractivity contribution is 6.30. The maximum absolute atomic E-state index is 13.0. The van der Waals surface area contributed by atoms with Crippen molar-refractivity contribution in [1.82, 2.24) is 5.32 Å². The number of nitro benzene ring substituents is 1. The van der Waals surface area contributed by atoms with Gasteiger partial charge in [0, 0.05) is 22.7 Å². The number of hydrogen-bond donors (Lipinski definition) is 1. The van der Waals surface area contributed by atoms with Crippen LogP contribution in [0.1, 0.15) is 74.3 Å². The first-order valence-corrected chi connectivity index (χ1v) is 9.29. The van der Waals surface area contributed by atoms with Gasteiger partial charge in [0.2, 0.25) is 5.78 Å². The number of nitrogens with zero attached hydrogens (tertiary/aromatic N) is 1. The number of fused-ring (bicyclic) bond motifs is 2. The molecule has 1 N–H and O–H groups in total. The van der Waals surface area contributed by atoms with Crippen molar-refractivity contribution in [1.29, 1.82) is 0 Å².